The van der Waals surface area contributed by atoms with E-state index in [4.69, 9.17) is 9.47 Å². The van der Waals surface area contributed by atoms with Crippen LogP contribution in [0, 0.1) is 17.8 Å². The van der Waals surface area contributed by atoms with Crippen LogP contribution < -0.4 is 0 Å². The molecule has 0 amide bonds. The summed E-state index contributed by atoms with van der Waals surface area (Å²) in [5, 5.41) is 9.29. The molecule has 0 aromatic rings. The zero-order chi connectivity index (χ0) is 14.0. The fourth-order valence-corrected chi connectivity index (χ4v) is 3.79. The maximum absolute atomic E-state index is 12.1. The molecule has 2 aliphatic rings. The molecule has 2 unspecified atom stereocenters. The molecule has 1 aliphatic carbocycles. The first-order valence-corrected chi connectivity index (χ1v) is 8.18. The van der Waals surface area contributed by atoms with Gasteiger partial charge in [0.25, 0.3) is 0 Å². The monoisotopic (exact) mass is 288 g/mol. The van der Waals surface area contributed by atoms with E-state index in [2.05, 4.69) is 20.8 Å². The lowest BCUT2D eigenvalue weighted by atomic mass is 9.75. The number of carbonyl (C=O) groups excluding carboxylic acids is 1. The SMILES string of the molecule is CC(C)[C@@H]1CC[C@@H](C)C[C@H]1OC(=O)C1OC(O)CS1. The van der Waals surface area contributed by atoms with Crippen LogP contribution in [0.15, 0.2) is 0 Å². The van der Waals surface area contributed by atoms with Crippen molar-refractivity contribution in [3.8, 4) is 0 Å². The van der Waals surface area contributed by atoms with Crippen molar-refractivity contribution >= 4 is 17.7 Å². The molecule has 0 radical (unpaired) electrons. The Labute approximate surface area is 119 Å². The molecule has 5 atom stereocenters. The lowest BCUT2D eigenvalue weighted by Gasteiger charge is -2.37. The fourth-order valence-electron chi connectivity index (χ4n) is 2.97. The molecular formula is C14H24O4S. The van der Waals surface area contributed by atoms with Gasteiger partial charge in [0.05, 0.1) is 0 Å². The Hall–Kier alpha value is -0.260. The summed E-state index contributed by atoms with van der Waals surface area (Å²) in [6, 6.07) is 0. The number of esters is 1. The number of aliphatic hydroxyl groups is 1. The molecular weight excluding hydrogens is 264 g/mol. The molecule has 5 heteroatoms. The Morgan fingerprint density at radius 3 is 2.74 bits per heavy atom. The number of thioether (sulfide) groups is 1. The molecule has 1 aliphatic heterocycles. The Kier molecular flexibility index (Phi) is 5.15. The molecule has 0 spiro atoms. The van der Waals surface area contributed by atoms with Gasteiger partial charge in [0.1, 0.15) is 6.10 Å². The molecule has 1 N–H and O–H groups in total. The smallest absolute Gasteiger partial charge is 0.346 e. The van der Waals surface area contributed by atoms with E-state index in [1.165, 1.54) is 18.2 Å². The quantitative estimate of drug-likeness (QED) is 0.808. The summed E-state index contributed by atoms with van der Waals surface area (Å²) in [4.78, 5) is 12.1. The van der Waals surface area contributed by atoms with Gasteiger partial charge >= 0.3 is 5.97 Å². The average molecular weight is 288 g/mol. The topological polar surface area (TPSA) is 55.8 Å². The van der Waals surface area contributed by atoms with Crippen LogP contribution in [0.2, 0.25) is 0 Å². The zero-order valence-electron chi connectivity index (χ0n) is 11.9. The highest BCUT2D eigenvalue weighted by Crippen LogP contribution is 2.36. The van der Waals surface area contributed by atoms with Gasteiger partial charge in [-0.05, 0) is 30.6 Å². The van der Waals surface area contributed by atoms with Gasteiger partial charge in [-0.25, -0.2) is 4.79 Å². The summed E-state index contributed by atoms with van der Waals surface area (Å²) >= 11 is 1.31. The van der Waals surface area contributed by atoms with Crippen LogP contribution in [0.5, 0.6) is 0 Å². The first-order valence-electron chi connectivity index (χ1n) is 7.13. The summed E-state index contributed by atoms with van der Waals surface area (Å²) in [6.07, 6.45) is 2.43. The average Bonchev–Trinajstić information content (AvgIpc) is 2.75. The maximum Gasteiger partial charge on any atom is 0.346 e. The highest BCUT2D eigenvalue weighted by Gasteiger charge is 2.37. The van der Waals surface area contributed by atoms with Crippen molar-refractivity contribution in [2.45, 2.75) is 57.9 Å². The Balaban J connectivity index is 1.92. The van der Waals surface area contributed by atoms with E-state index in [1.54, 1.807) is 0 Å². The van der Waals surface area contributed by atoms with Crippen molar-refractivity contribution in [3.63, 3.8) is 0 Å². The first kappa shape index (κ1) is 15.1. The number of hydrogen-bond acceptors (Lipinski definition) is 5. The maximum atomic E-state index is 12.1. The number of aliphatic hydroxyl groups excluding tert-OH is 1. The van der Waals surface area contributed by atoms with Crippen molar-refractivity contribution < 1.29 is 19.4 Å². The molecule has 0 bridgehead atoms. The largest absolute Gasteiger partial charge is 0.459 e. The molecule has 1 saturated heterocycles. The third-order valence-corrected chi connectivity index (χ3v) is 5.18. The number of rotatable bonds is 3. The highest BCUT2D eigenvalue weighted by molar-refractivity contribution is 8.00. The molecule has 4 nitrogen and oxygen atoms in total. The van der Waals surface area contributed by atoms with Crippen LogP contribution in [0.1, 0.15) is 40.0 Å². The zero-order valence-corrected chi connectivity index (χ0v) is 12.7. The van der Waals surface area contributed by atoms with E-state index in [1.807, 2.05) is 0 Å². The van der Waals surface area contributed by atoms with E-state index in [-0.39, 0.29) is 12.1 Å². The minimum Gasteiger partial charge on any atom is -0.459 e. The van der Waals surface area contributed by atoms with Gasteiger partial charge in [0, 0.05) is 5.75 Å². The van der Waals surface area contributed by atoms with Crippen molar-refractivity contribution in [2.24, 2.45) is 17.8 Å². The third-order valence-electron chi connectivity index (χ3n) is 4.09. The normalized spacial score (nSPS) is 39.5. The molecule has 1 heterocycles. The minimum absolute atomic E-state index is 0.00167. The van der Waals surface area contributed by atoms with Crippen molar-refractivity contribution in [3.05, 3.63) is 0 Å². The highest BCUT2D eigenvalue weighted by atomic mass is 32.2. The Bertz CT molecular complexity index is 321. The van der Waals surface area contributed by atoms with Gasteiger partial charge in [0.2, 0.25) is 5.44 Å². The molecule has 110 valence electrons. The number of ether oxygens (including phenoxy) is 2. The summed E-state index contributed by atoms with van der Waals surface area (Å²) < 4.78 is 10.8. The van der Waals surface area contributed by atoms with Gasteiger partial charge in [-0.2, -0.15) is 0 Å². The van der Waals surface area contributed by atoms with Crippen LogP contribution >= 0.6 is 11.8 Å². The molecule has 19 heavy (non-hydrogen) atoms. The van der Waals surface area contributed by atoms with E-state index in [9.17, 15) is 9.90 Å². The second-order valence-corrected chi connectivity index (χ2v) is 7.15. The fraction of sp³-hybridized carbons (Fsp3) is 0.929. The van der Waals surface area contributed by atoms with Crippen LogP contribution in [0.3, 0.4) is 0 Å². The predicted molar refractivity (Wildman–Crippen MR) is 74.6 cm³/mol. The lowest BCUT2D eigenvalue weighted by molar-refractivity contribution is -0.172. The second-order valence-electron chi connectivity index (χ2n) is 6.06. The summed E-state index contributed by atoms with van der Waals surface area (Å²) in [5.74, 6) is 1.68. The van der Waals surface area contributed by atoms with Gasteiger partial charge in [-0.15, -0.1) is 11.8 Å². The Morgan fingerprint density at radius 1 is 1.42 bits per heavy atom. The van der Waals surface area contributed by atoms with Gasteiger partial charge in [0.15, 0.2) is 6.29 Å². The van der Waals surface area contributed by atoms with E-state index < -0.39 is 11.7 Å². The van der Waals surface area contributed by atoms with Gasteiger partial charge in [-0.3, -0.25) is 0 Å². The van der Waals surface area contributed by atoms with Crippen LogP contribution in [0.25, 0.3) is 0 Å². The third kappa shape index (κ3) is 3.86. The second kappa shape index (κ2) is 6.46. The molecule has 0 aromatic heterocycles. The van der Waals surface area contributed by atoms with Crippen molar-refractivity contribution in [2.75, 3.05) is 5.75 Å². The van der Waals surface area contributed by atoms with Gasteiger partial charge in [-0.1, -0.05) is 27.2 Å². The first-order chi connectivity index (χ1) is 8.97. The number of hydrogen-bond donors (Lipinski definition) is 1. The molecule has 1 saturated carbocycles. The summed E-state index contributed by atoms with van der Waals surface area (Å²) in [7, 11) is 0. The predicted octanol–water partition coefficient (Wildman–Crippen LogP) is 2.40. The van der Waals surface area contributed by atoms with Gasteiger partial charge < -0.3 is 14.6 Å². The van der Waals surface area contributed by atoms with Crippen molar-refractivity contribution in [1.29, 1.82) is 0 Å². The molecule has 0 aromatic carbocycles. The molecule has 2 fully saturated rings. The van der Waals surface area contributed by atoms with E-state index >= 15 is 0 Å². The standard InChI is InChI=1S/C14H24O4S/c1-8(2)10-5-4-9(3)6-11(10)17-13(16)14-18-12(15)7-19-14/h8-12,14-15H,4-7H2,1-3H3/t9-,10+,11-,12?,14?/m1/s1. The van der Waals surface area contributed by atoms with Crippen LogP contribution in [0.4, 0.5) is 0 Å². The van der Waals surface area contributed by atoms with Crippen molar-refractivity contribution in [1.82, 2.24) is 0 Å². The Morgan fingerprint density at radius 2 is 2.16 bits per heavy atom. The minimum atomic E-state index is -0.839. The number of carbonyl (C=O) groups is 1. The molecule has 2 rings (SSSR count). The summed E-state index contributed by atoms with van der Waals surface area (Å²) in [6.45, 7) is 6.58. The van der Waals surface area contributed by atoms with E-state index in [0.29, 0.717) is 23.5 Å². The van der Waals surface area contributed by atoms with Crippen LogP contribution in [-0.2, 0) is 14.3 Å². The summed E-state index contributed by atoms with van der Waals surface area (Å²) in [5.41, 5.74) is -0.653. The lowest BCUT2D eigenvalue weighted by Crippen LogP contribution is -2.38. The van der Waals surface area contributed by atoms with Crippen LogP contribution in [-0.4, -0.2) is 34.7 Å². The van der Waals surface area contributed by atoms with E-state index in [0.717, 1.165) is 12.8 Å².